The molecule has 0 aliphatic heterocycles. The molecule has 0 fully saturated rings. The third kappa shape index (κ3) is 2.22. The average molecular weight is 185 g/mol. The van der Waals surface area contributed by atoms with Crippen molar-refractivity contribution in [2.24, 2.45) is 5.73 Å². The molecule has 2 N–H and O–H groups in total. The van der Waals surface area contributed by atoms with Gasteiger partial charge in [0.2, 0.25) is 0 Å². The molecule has 12 heavy (non-hydrogen) atoms. The smallest absolute Gasteiger partial charge is 0.109 e. The molecule has 1 unspecified atom stereocenters. The number of nitrogens with two attached hydrogens (primary N) is 1. The van der Waals surface area contributed by atoms with Crippen LogP contribution in [-0.2, 0) is 0 Å². The summed E-state index contributed by atoms with van der Waals surface area (Å²) in [6, 6.07) is 7.18. The van der Waals surface area contributed by atoms with Gasteiger partial charge < -0.3 is 5.73 Å². The highest BCUT2D eigenvalue weighted by Gasteiger charge is 2.03. The minimum atomic E-state index is -0.501. The van der Waals surface area contributed by atoms with Gasteiger partial charge in [-0.2, -0.15) is 0 Å². The van der Waals surface area contributed by atoms with E-state index in [0.29, 0.717) is 0 Å². The van der Waals surface area contributed by atoms with Gasteiger partial charge in [-0.1, -0.05) is 12.1 Å². The van der Waals surface area contributed by atoms with E-state index < -0.39 is 12.7 Å². The quantitative estimate of drug-likeness (QED) is 0.732. The van der Waals surface area contributed by atoms with E-state index in [1.54, 1.807) is 11.8 Å². The highest BCUT2D eigenvalue weighted by molar-refractivity contribution is 7.98. The summed E-state index contributed by atoms with van der Waals surface area (Å²) >= 11 is 1.66. The van der Waals surface area contributed by atoms with Crippen molar-refractivity contribution >= 4 is 11.8 Å². The van der Waals surface area contributed by atoms with Crippen molar-refractivity contribution in [1.82, 2.24) is 0 Å². The van der Waals surface area contributed by atoms with Gasteiger partial charge in [0, 0.05) is 4.90 Å². The summed E-state index contributed by atoms with van der Waals surface area (Å²) in [6.45, 7) is -0.501. The lowest BCUT2D eigenvalue weighted by atomic mass is 10.1. The van der Waals surface area contributed by atoms with Crippen LogP contribution < -0.4 is 5.73 Å². The molecule has 3 heteroatoms. The largest absolute Gasteiger partial charge is 0.322 e. The van der Waals surface area contributed by atoms with Gasteiger partial charge in [-0.3, -0.25) is 0 Å². The van der Waals surface area contributed by atoms with Gasteiger partial charge >= 0.3 is 0 Å². The lowest BCUT2D eigenvalue weighted by Gasteiger charge is -2.06. The zero-order valence-corrected chi connectivity index (χ0v) is 7.77. The van der Waals surface area contributed by atoms with E-state index in [2.05, 4.69) is 0 Å². The van der Waals surface area contributed by atoms with E-state index in [-0.39, 0.29) is 0 Å². The molecule has 0 aromatic heterocycles. The van der Waals surface area contributed by atoms with E-state index in [4.69, 9.17) is 5.73 Å². The molecule has 1 rings (SSSR count). The number of alkyl halides is 1. The van der Waals surface area contributed by atoms with E-state index in [1.807, 2.05) is 30.5 Å². The number of hydrogen-bond donors (Lipinski definition) is 1. The van der Waals surface area contributed by atoms with Crippen molar-refractivity contribution < 1.29 is 4.39 Å². The second-order valence-corrected chi connectivity index (χ2v) is 3.41. The second kappa shape index (κ2) is 4.48. The molecule has 0 aliphatic carbocycles. The van der Waals surface area contributed by atoms with Gasteiger partial charge in [0.1, 0.15) is 6.67 Å². The lowest BCUT2D eigenvalue weighted by Crippen LogP contribution is -2.11. The maximum Gasteiger partial charge on any atom is 0.109 e. The van der Waals surface area contributed by atoms with Crippen LogP contribution >= 0.6 is 11.8 Å². The molecule has 1 nitrogen and oxygen atoms in total. The molecule has 1 atom stereocenters. The fourth-order valence-corrected chi connectivity index (χ4v) is 1.35. The van der Waals surface area contributed by atoms with Crippen LogP contribution in [0.2, 0.25) is 0 Å². The number of hydrogen-bond acceptors (Lipinski definition) is 2. The Balaban J connectivity index is 2.77. The standard InChI is InChI=1S/C9H12FNS/c1-12-8-4-2-7(3-5-8)9(11)6-10/h2-5,9H,6,11H2,1H3. The van der Waals surface area contributed by atoms with Crippen molar-refractivity contribution in [3.05, 3.63) is 29.8 Å². The molecule has 0 spiro atoms. The van der Waals surface area contributed by atoms with Crippen molar-refractivity contribution in [2.75, 3.05) is 12.9 Å². The van der Waals surface area contributed by atoms with Crippen LogP contribution in [0.3, 0.4) is 0 Å². The minimum absolute atomic E-state index is 0.471. The number of benzene rings is 1. The van der Waals surface area contributed by atoms with Gasteiger partial charge in [0.05, 0.1) is 6.04 Å². The van der Waals surface area contributed by atoms with Crippen LogP contribution in [0.25, 0.3) is 0 Å². The van der Waals surface area contributed by atoms with Crippen LogP contribution in [0.4, 0.5) is 4.39 Å². The molecule has 1 aromatic carbocycles. The van der Waals surface area contributed by atoms with Gasteiger partial charge in [-0.05, 0) is 24.0 Å². The van der Waals surface area contributed by atoms with Crippen molar-refractivity contribution in [3.63, 3.8) is 0 Å². The molecule has 0 radical (unpaired) electrons. The predicted molar refractivity (Wildman–Crippen MR) is 51.1 cm³/mol. The second-order valence-electron chi connectivity index (χ2n) is 2.53. The third-order valence-electron chi connectivity index (χ3n) is 1.71. The summed E-state index contributed by atoms with van der Waals surface area (Å²) < 4.78 is 12.1. The van der Waals surface area contributed by atoms with E-state index >= 15 is 0 Å². The number of rotatable bonds is 3. The molecular weight excluding hydrogens is 173 g/mol. The summed E-state index contributed by atoms with van der Waals surface area (Å²) in [6.07, 6.45) is 2.00. The lowest BCUT2D eigenvalue weighted by molar-refractivity contribution is 0.437. The topological polar surface area (TPSA) is 26.0 Å². The molecule has 0 heterocycles. The van der Waals surface area contributed by atoms with E-state index in [9.17, 15) is 4.39 Å². The van der Waals surface area contributed by atoms with Crippen molar-refractivity contribution in [3.8, 4) is 0 Å². The Bertz CT molecular complexity index is 235. The van der Waals surface area contributed by atoms with Gasteiger partial charge in [-0.15, -0.1) is 11.8 Å². The van der Waals surface area contributed by atoms with Crippen LogP contribution in [0.1, 0.15) is 11.6 Å². The van der Waals surface area contributed by atoms with Gasteiger partial charge in [-0.25, -0.2) is 4.39 Å². The van der Waals surface area contributed by atoms with Crippen LogP contribution in [0, 0.1) is 0 Å². The molecule has 0 bridgehead atoms. The summed E-state index contributed by atoms with van der Waals surface area (Å²) in [4.78, 5) is 1.17. The molecule has 0 saturated heterocycles. The van der Waals surface area contributed by atoms with Crippen LogP contribution in [0.15, 0.2) is 29.2 Å². The summed E-state index contributed by atoms with van der Waals surface area (Å²) in [5.74, 6) is 0. The average Bonchev–Trinajstić information content (AvgIpc) is 2.17. The van der Waals surface area contributed by atoms with Crippen LogP contribution in [-0.4, -0.2) is 12.9 Å². The fraction of sp³-hybridized carbons (Fsp3) is 0.333. The molecule has 0 saturated carbocycles. The highest BCUT2D eigenvalue weighted by Crippen LogP contribution is 2.17. The van der Waals surface area contributed by atoms with Gasteiger partial charge in [0.25, 0.3) is 0 Å². The molecule has 0 amide bonds. The normalized spacial score (nSPS) is 12.9. The first-order valence-corrected chi connectivity index (χ1v) is 4.96. The monoisotopic (exact) mass is 185 g/mol. The summed E-state index contributed by atoms with van der Waals surface area (Å²) in [5, 5.41) is 0. The zero-order valence-electron chi connectivity index (χ0n) is 6.96. The number of thioether (sulfide) groups is 1. The molecule has 66 valence electrons. The number of halogens is 1. The summed E-state index contributed by atoms with van der Waals surface area (Å²) in [5.41, 5.74) is 6.36. The maximum absolute atomic E-state index is 12.1. The zero-order chi connectivity index (χ0) is 8.97. The molecule has 0 aliphatic rings. The maximum atomic E-state index is 12.1. The van der Waals surface area contributed by atoms with Crippen molar-refractivity contribution in [1.29, 1.82) is 0 Å². The van der Waals surface area contributed by atoms with Crippen LogP contribution in [0.5, 0.6) is 0 Å². The Hall–Kier alpha value is -0.540. The first-order valence-electron chi connectivity index (χ1n) is 3.73. The fourth-order valence-electron chi connectivity index (χ4n) is 0.940. The highest BCUT2D eigenvalue weighted by atomic mass is 32.2. The molecule has 1 aromatic rings. The SMILES string of the molecule is CSc1ccc(C(N)CF)cc1. The molecular formula is C9H12FNS. The van der Waals surface area contributed by atoms with Crippen molar-refractivity contribution in [2.45, 2.75) is 10.9 Å². The van der Waals surface area contributed by atoms with Gasteiger partial charge in [0.15, 0.2) is 0 Å². The third-order valence-corrected chi connectivity index (χ3v) is 2.45. The first kappa shape index (κ1) is 9.55. The Morgan fingerprint density at radius 3 is 2.42 bits per heavy atom. The minimum Gasteiger partial charge on any atom is -0.322 e. The Labute approximate surface area is 76.2 Å². The summed E-state index contributed by atoms with van der Waals surface area (Å²) in [7, 11) is 0. The predicted octanol–water partition coefficient (Wildman–Crippen LogP) is 2.38. The Kier molecular flexibility index (Phi) is 3.56. The Morgan fingerprint density at radius 2 is 2.00 bits per heavy atom. The first-order chi connectivity index (χ1) is 5.77. The van der Waals surface area contributed by atoms with E-state index in [1.165, 1.54) is 4.90 Å². The Morgan fingerprint density at radius 1 is 1.42 bits per heavy atom. The van der Waals surface area contributed by atoms with E-state index in [0.717, 1.165) is 5.56 Å².